The molecule has 9 heteroatoms. The molecule has 0 atom stereocenters. The van der Waals surface area contributed by atoms with Crippen molar-refractivity contribution in [2.45, 2.75) is 6.42 Å². The maximum absolute atomic E-state index is 10.4. The van der Waals surface area contributed by atoms with E-state index in [0.29, 0.717) is 0 Å². The van der Waals surface area contributed by atoms with Gasteiger partial charge < -0.3 is 23.6 Å². The average Bonchev–Trinajstić information content (AvgIpc) is 2.01. The summed E-state index contributed by atoms with van der Waals surface area (Å²) in [5.74, 6) is -0.604. The van der Waals surface area contributed by atoms with Crippen LogP contribution < -0.4 is 68.9 Å². The van der Waals surface area contributed by atoms with Crippen molar-refractivity contribution >= 4 is 13.8 Å². The van der Waals surface area contributed by atoms with E-state index in [2.05, 4.69) is 15.8 Å². The van der Waals surface area contributed by atoms with Gasteiger partial charge in [-0.25, -0.2) is 4.79 Å². The Kier molecular flexibility index (Phi) is 17.0. The number of hydrogen-bond acceptors (Lipinski definition) is 6. The Labute approximate surface area is 132 Å². The quantitative estimate of drug-likeness (QED) is 0.153. The minimum Gasteiger partial charge on any atom is -0.790 e. The topological polar surface area (TPSA) is 98.7 Å². The number of rotatable bonds is 6. The first-order chi connectivity index (χ1) is 5.95. The number of hydrogen-bond donors (Lipinski definition) is 0. The number of esters is 1. The van der Waals surface area contributed by atoms with Crippen molar-refractivity contribution in [2.24, 2.45) is 0 Å². The fourth-order valence-electron chi connectivity index (χ4n) is 0.467. The molecule has 76 valence electrons. The van der Waals surface area contributed by atoms with Crippen LogP contribution in [-0.4, -0.2) is 19.2 Å². The molecule has 0 saturated heterocycles. The number of carbonyl (C=O) groups is 1. The molecule has 0 amide bonds. The molecule has 0 aromatic carbocycles. The maximum Gasteiger partial charge on any atom is 1.00 e. The van der Waals surface area contributed by atoms with E-state index in [1.54, 1.807) is 0 Å². The third kappa shape index (κ3) is 17.9. The zero-order chi connectivity index (χ0) is 10.3. The van der Waals surface area contributed by atoms with Crippen LogP contribution in [0.25, 0.3) is 0 Å². The van der Waals surface area contributed by atoms with Crippen LogP contribution in [-0.2, 0) is 18.6 Å². The molecule has 6 nitrogen and oxygen atoms in total. The molecular formula is C6H9Na2O6P. The second kappa shape index (κ2) is 11.8. The van der Waals surface area contributed by atoms with Crippen molar-refractivity contribution in [2.75, 3.05) is 13.2 Å². The Balaban J connectivity index is -0.000000720. The van der Waals surface area contributed by atoms with Crippen molar-refractivity contribution in [1.29, 1.82) is 0 Å². The van der Waals surface area contributed by atoms with E-state index in [1.165, 1.54) is 0 Å². The number of phosphoric ester groups is 1. The standard InChI is InChI=1S/C6H11O6P.2Na/c1-2-6(7)11-4-3-5-12-13(8,9)10;;/h2H,1,3-5H2,(H2,8,9,10);;/q;2*+1/p-2. The fourth-order valence-corrected chi connectivity index (χ4v) is 0.820. The van der Waals surface area contributed by atoms with Gasteiger partial charge in [0.05, 0.1) is 21.0 Å². The molecule has 0 unspecified atom stereocenters. The van der Waals surface area contributed by atoms with Crippen LogP contribution in [0.5, 0.6) is 0 Å². The Morgan fingerprint density at radius 3 is 2.27 bits per heavy atom. The predicted molar refractivity (Wildman–Crippen MR) is 39.3 cm³/mol. The van der Waals surface area contributed by atoms with Gasteiger partial charge >= 0.3 is 65.1 Å². The minimum atomic E-state index is -4.90. The van der Waals surface area contributed by atoms with Crippen LogP contribution in [0.1, 0.15) is 6.42 Å². The first-order valence-electron chi connectivity index (χ1n) is 3.41. The molecule has 0 fully saturated rings. The van der Waals surface area contributed by atoms with E-state index in [1.807, 2.05) is 0 Å². The van der Waals surface area contributed by atoms with Gasteiger partial charge in [-0.15, -0.1) is 0 Å². The van der Waals surface area contributed by atoms with Crippen molar-refractivity contribution < 1.29 is 87.5 Å². The molecule has 0 radical (unpaired) electrons. The normalized spacial score (nSPS) is 9.47. The first kappa shape index (κ1) is 21.6. The van der Waals surface area contributed by atoms with Gasteiger partial charge in [0.1, 0.15) is 0 Å². The van der Waals surface area contributed by atoms with Crippen molar-refractivity contribution in [1.82, 2.24) is 0 Å². The minimum absolute atomic E-state index is 0. The maximum atomic E-state index is 10.4. The Morgan fingerprint density at radius 1 is 1.33 bits per heavy atom. The summed E-state index contributed by atoms with van der Waals surface area (Å²) in [6.07, 6.45) is 1.13. The summed E-state index contributed by atoms with van der Waals surface area (Å²) in [5.41, 5.74) is 0. The number of phosphoric acid groups is 1. The van der Waals surface area contributed by atoms with Gasteiger partial charge in [0, 0.05) is 12.5 Å². The van der Waals surface area contributed by atoms with E-state index in [-0.39, 0.29) is 78.7 Å². The van der Waals surface area contributed by atoms with Crippen molar-refractivity contribution in [3.63, 3.8) is 0 Å². The summed E-state index contributed by atoms with van der Waals surface area (Å²) in [4.78, 5) is 30.2. The number of carbonyl (C=O) groups excluding carboxylic acids is 1. The van der Waals surface area contributed by atoms with E-state index in [4.69, 9.17) is 0 Å². The van der Waals surface area contributed by atoms with E-state index in [0.717, 1.165) is 6.08 Å². The van der Waals surface area contributed by atoms with E-state index in [9.17, 15) is 19.1 Å². The summed E-state index contributed by atoms with van der Waals surface area (Å²) in [5, 5.41) is 0. The second-order valence-electron chi connectivity index (χ2n) is 2.01. The third-order valence-corrected chi connectivity index (χ3v) is 1.45. The van der Waals surface area contributed by atoms with Crippen LogP contribution in [0.3, 0.4) is 0 Å². The van der Waals surface area contributed by atoms with Gasteiger partial charge in [-0.3, -0.25) is 0 Å². The molecule has 0 heterocycles. The molecule has 15 heavy (non-hydrogen) atoms. The molecule has 0 bridgehead atoms. The summed E-state index contributed by atoms with van der Waals surface area (Å²) >= 11 is 0. The molecule has 0 N–H and O–H groups in total. The predicted octanol–water partition coefficient (Wildman–Crippen LogP) is -7.04. The average molecular weight is 254 g/mol. The Morgan fingerprint density at radius 2 is 1.87 bits per heavy atom. The van der Waals surface area contributed by atoms with Crippen LogP contribution in [0.15, 0.2) is 12.7 Å². The molecule has 0 aromatic heterocycles. The molecule has 0 aromatic rings. The largest absolute Gasteiger partial charge is 1.00 e. The van der Waals surface area contributed by atoms with Crippen molar-refractivity contribution in [3.05, 3.63) is 12.7 Å². The molecular weight excluding hydrogens is 245 g/mol. The number of ether oxygens (including phenoxy) is 1. The Bertz CT molecular complexity index is 228. The molecule has 0 saturated carbocycles. The summed E-state index contributed by atoms with van der Waals surface area (Å²) < 4.78 is 18.3. The SMILES string of the molecule is C=CC(=O)OCCCOP(=O)([O-])[O-].[Na+].[Na+]. The van der Waals surface area contributed by atoms with Gasteiger partial charge in [-0.05, 0) is 0 Å². The third-order valence-electron chi connectivity index (χ3n) is 0.949. The van der Waals surface area contributed by atoms with Crippen molar-refractivity contribution in [3.8, 4) is 0 Å². The monoisotopic (exact) mass is 254 g/mol. The summed E-state index contributed by atoms with van der Waals surface area (Å²) in [6, 6.07) is 0. The molecule has 0 aliphatic rings. The zero-order valence-corrected chi connectivity index (χ0v) is 13.7. The van der Waals surface area contributed by atoms with Crippen LogP contribution in [0, 0.1) is 0 Å². The molecule has 0 aliphatic carbocycles. The summed E-state index contributed by atoms with van der Waals surface area (Å²) in [6.45, 7) is 2.86. The van der Waals surface area contributed by atoms with Gasteiger partial charge in [0.15, 0.2) is 0 Å². The van der Waals surface area contributed by atoms with E-state index >= 15 is 0 Å². The van der Waals surface area contributed by atoms with Crippen LogP contribution in [0.2, 0.25) is 0 Å². The smallest absolute Gasteiger partial charge is 0.790 e. The van der Waals surface area contributed by atoms with Gasteiger partial charge in [-0.1, -0.05) is 6.58 Å². The molecule has 0 spiro atoms. The van der Waals surface area contributed by atoms with Crippen LogP contribution in [0.4, 0.5) is 0 Å². The van der Waals surface area contributed by atoms with Crippen LogP contribution >= 0.6 is 7.82 Å². The zero-order valence-electron chi connectivity index (χ0n) is 8.80. The first-order valence-corrected chi connectivity index (χ1v) is 4.87. The van der Waals surface area contributed by atoms with Gasteiger partial charge in [0.2, 0.25) is 0 Å². The van der Waals surface area contributed by atoms with Gasteiger partial charge in [0.25, 0.3) is 0 Å². The fraction of sp³-hybridized carbons (Fsp3) is 0.500. The molecule has 0 aliphatic heterocycles. The second-order valence-corrected chi connectivity index (χ2v) is 3.16. The molecule has 0 rings (SSSR count). The summed E-state index contributed by atoms with van der Waals surface area (Å²) in [7, 11) is -4.90. The van der Waals surface area contributed by atoms with E-state index < -0.39 is 13.8 Å². The Hall–Kier alpha value is 1.32. The van der Waals surface area contributed by atoms with Gasteiger partial charge in [-0.2, -0.15) is 0 Å².